The van der Waals surface area contributed by atoms with Crippen LogP contribution >= 0.6 is 22.6 Å². The van der Waals surface area contributed by atoms with Crippen molar-refractivity contribution in [3.63, 3.8) is 0 Å². The molecule has 94 valence electrons. The van der Waals surface area contributed by atoms with E-state index in [1.165, 1.54) is 20.5 Å². The summed E-state index contributed by atoms with van der Waals surface area (Å²) in [5.41, 5.74) is 3.55. The maximum atomic E-state index is 4.58. The molecule has 3 heteroatoms. The van der Waals surface area contributed by atoms with Crippen LogP contribution in [-0.4, -0.2) is 9.78 Å². The van der Waals surface area contributed by atoms with Gasteiger partial charge in [-0.3, -0.25) is 4.68 Å². The molecule has 0 atom stereocenters. The van der Waals surface area contributed by atoms with Gasteiger partial charge in [-0.05, 0) is 40.1 Å². The summed E-state index contributed by atoms with van der Waals surface area (Å²) in [6.45, 7) is 4.35. The molecule has 1 aromatic heterocycles. The third-order valence-electron chi connectivity index (χ3n) is 2.84. The van der Waals surface area contributed by atoms with E-state index in [2.05, 4.69) is 65.8 Å². The summed E-state index contributed by atoms with van der Waals surface area (Å²) in [5, 5.41) is 4.58. The summed E-state index contributed by atoms with van der Waals surface area (Å²) in [5.74, 6) is 0.460. The van der Waals surface area contributed by atoms with Gasteiger partial charge in [0.25, 0.3) is 0 Å². The predicted octanol–water partition coefficient (Wildman–Crippen LogP) is 4.32. The Labute approximate surface area is 122 Å². The van der Waals surface area contributed by atoms with E-state index in [0.29, 0.717) is 5.92 Å². The van der Waals surface area contributed by atoms with Crippen molar-refractivity contribution in [1.29, 1.82) is 0 Å². The van der Waals surface area contributed by atoms with E-state index in [-0.39, 0.29) is 0 Å². The van der Waals surface area contributed by atoms with E-state index < -0.39 is 0 Å². The second kappa shape index (κ2) is 5.69. The topological polar surface area (TPSA) is 17.8 Å². The first kappa shape index (κ1) is 13.3. The van der Waals surface area contributed by atoms with Crippen molar-refractivity contribution in [2.45, 2.75) is 19.8 Å². The highest BCUT2D eigenvalue weighted by molar-refractivity contribution is 14.1. The van der Waals surface area contributed by atoms with Crippen molar-refractivity contribution in [2.24, 2.45) is 7.05 Å². The number of benzene rings is 1. The molecule has 0 aliphatic carbocycles. The lowest BCUT2D eigenvalue weighted by atomic mass is 10.1. The first-order chi connectivity index (χ1) is 8.59. The van der Waals surface area contributed by atoms with Crippen LogP contribution in [0.3, 0.4) is 0 Å². The van der Waals surface area contributed by atoms with Crippen LogP contribution in [0.2, 0.25) is 0 Å². The Hall–Kier alpha value is -1.10. The fourth-order valence-electron chi connectivity index (χ4n) is 1.82. The largest absolute Gasteiger partial charge is 0.267 e. The van der Waals surface area contributed by atoms with Crippen LogP contribution in [-0.2, 0) is 7.05 Å². The summed E-state index contributed by atoms with van der Waals surface area (Å²) in [4.78, 5) is 0. The smallest absolute Gasteiger partial charge is 0.0789 e. The SMILES string of the molecule is CC(C)c1nn(C)c(/C=C/c2ccccc2)c1I. The van der Waals surface area contributed by atoms with Gasteiger partial charge in [0.15, 0.2) is 0 Å². The molecule has 0 N–H and O–H groups in total. The van der Waals surface area contributed by atoms with Crippen LogP contribution in [0.1, 0.15) is 36.7 Å². The number of aromatic nitrogens is 2. The van der Waals surface area contributed by atoms with E-state index >= 15 is 0 Å². The van der Waals surface area contributed by atoms with Gasteiger partial charge < -0.3 is 0 Å². The van der Waals surface area contributed by atoms with Crippen LogP contribution in [0.4, 0.5) is 0 Å². The molecule has 2 rings (SSSR count). The Bertz CT molecular complexity index is 553. The number of nitrogens with zero attached hydrogens (tertiary/aromatic N) is 2. The first-order valence-electron chi connectivity index (χ1n) is 6.05. The Kier molecular flexibility index (Phi) is 4.22. The standard InChI is InChI=1S/C15H17IN2/c1-11(2)15-14(16)13(18(3)17-15)10-9-12-7-5-4-6-8-12/h4-11H,1-3H3/b10-9+. The molecule has 0 radical (unpaired) electrons. The molecule has 0 saturated heterocycles. The molecule has 1 heterocycles. The molecule has 0 spiro atoms. The number of halogens is 1. The lowest BCUT2D eigenvalue weighted by Crippen LogP contribution is -1.94. The second-order valence-electron chi connectivity index (χ2n) is 4.61. The highest BCUT2D eigenvalue weighted by Crippen LogP contribution is 2.24. The predicted molar refractivity (Wildman–Crippen MR) is 85.4 cm³/mol. The normalized spacial score (nSPS) is 11.6. The Morgan fingerprint density at radius 1 is 1.17 bits per heavy atom. The van der Waals surface area contributed by atoms with Gasteiger partial charge in [-0.1, -0.05) is 50.3 Å². The van der Waals surface area contributed by atoms with Crippen LogP contribution in [0, 0.1) is 3.57 Å². The average Bonchev–Trinajstić information content (AvgIpc) is 2.64. The molecule has 2 aromatic rings. The van der Waals surface area contributed by atoms with Crippen LogP contribution in [0.15, 0.2) is 30.3 Å². The Balaban J connectivity index is 2.33. The van der Waals surface area contributed by atoms with Gasteiger partial charge in [0.05, 0.1) is 15.0 Å². The summed E-state index contributed by atoms with van der Waals surface area (Å²) >= 11 is 2.39. The van der Waals surface area contributed by atoms with E-state index in [4.69, 9.17) is 0 Å². The maximum Gasteiger partial charge on any atom is 0.0789 e. The van der Waals surface area contributed by atoms with Crippen LogP contribution in [0.5, 0.6) is 0 Å². The second-order valence-corrected chi connectivity index (χ2v) is 5.69. The van der Waals surface area contributed by atoms with E-state index in [0.717, 1.165) is 0 Å². The Morgan fingerprint density at radius 3 is 2.39 bits per heavy atom. The lowest BCUT2D eigenvalue weighted by Gasteiger charge is -1.99. The summed E-state index contributed by atoms with van der Waals surface area (Å²) in [6, 6.07) is 10.3. The Morgan fingerprint density at radius 2 is 1.83 bits per heavy atom. The summed E-state index contributed by atoms with van der Waals surface area (Å²) in [7, 11) is 2.00. The van der Waals surface area contributed by atoms with Crippen molar-refractivity contribution in [2.75, 3.05) is 0 Å². The highest BCUT2D eigenvalue weighted by atomic mass is 127. The first-order valence-corrected chi connectivity index (χ1v) is 7.13. The maximum absolute atomic E-state index is 4.58. The van der Waals surface area contributed by atoms with Gasteiger partial charge in [0, 0.05) is 7.05 Å². The van der Waals surface area contributed by atoms with Gasteiger partial charge >= 0.3 is 0 Å². The van der Waals surface area contributed by atoms with Crippen molar-refractivity contribution in [1.82, 2.24) is 9.78 Å². The van der Waals surface area contributed by atoms with Gasteiger partial charge in [-0.15, -0.1) is 0 Å². The molecule has 0 aliphatic heterocycles. The van der Waals surface area contributed by atoms with Gasteiger partial charge in [-0.25, -0.2) is 0 Å². The zero-order chi connectivity index (χ0) is 13.1. The van der Waals surface area contributed by atoms with Crippen LogP contribution in [0.25, 0.3) is 12.2 Å². The third-order valence-corrected chi connectivity index (χ3v) is 3.94. The fourth-order valence-corrected chi connectivity index (χ4v) is 3.08. The lowest BCUT2D eigenvalue weighted by molar-refractivity contribution is 0.708. The molecule has 18 heavy (non-hydrogen) atoms. The van der Waals surface area contributed by atoms with Crippen LogP contribution < -0.4 is 0 Å². The number of hydrogen-bond acceptors (Lipinski definition) is 1. The molecule has 0 amide bonds. The quantitative estimate of drug-likeness (QED) is 0.753. The number of rotatable bonds is 3. The molecule has 0 fully saturated rings. The van der Waals surface area contributed by atoms with Gasteiger partial charge in [-0.2, -0.15) is 5.10 Å². The number of aryl methyl sites for hydroxylation is 1. The van der Waals surface area contributed by atoms with Crippen molar-refractivity contribution in [3.8, 4) is 0 Å². The minimum Gasteiger partial charge on any atom is -0.267 e. The fraction of sp³-hybridized carbons (Fsp3) is 0.267. The minimum absolute atomic E-state index is 0.460. The molecule has 0 bridgehead atoms. The molecular weight excluding hydrogens is 335 g/mol. The monoisotopic (exact) mass is 352 g/mol. The van der Waals surface area contributed by atoms with Gasteiger partial charge in [0.2, 0.25) is 0 Å². The molecule has 1 aromatic carbocycles. The summed E-state index contributed by atoms with van der Waals surface area (Å²) < 4.78 is 3.20. The summed E-state index contributed by atoms with van der Waals surface area (Å²) in [6.07, 6.45) is 4.26. The van der Waals surface area contributed by atoms with Crippen molar-refractivity contribution >= 4 is 34.7 Å². The van der Waals surface area contributed by atoms with Crippen molar-refractivity contribution < 1.29 is 0 Å². The van der Waals surface area contributed by atoms with Crippen molar-refractivity contribution in [3.05, 3.63) is 50.9 Å². The molecule has 0 aliphatic rings. The minimum atomic E-state index is 0.460. The molecule has 0 unspecified atom stereocenters. The zero-order valence-corrected chi connectivity index (χ0v) is 13.0. The van der Waals surface area contributed by atoms with E-state index in [1.807, 2.05) is 29.9 Å². The van der Waals surface area contributed by atoms with Gasteiger partial charge in [0.1, 0.15) is 0 Å². The zero-order valence-electron chi connectivity index (χ0n) is 10.9. The van der Waals surface area contributed by atoms with E-state index in [1.54, 1.807) is 0 Å². The number of hydrogen-bond donors (Lipinski definition) is 0. The molecule has 0 saturated carbocycles. The molecule has 2 nitrogen and oxygen atoms in total. The van der Waals surface area contributed by atoms with E-state index in [9.17, 15) is 0 Å². The average molecular weight is 352 g/mol. The highest BCUT2D eigenvalue weighted by Gasteiger charge is 2.13. The molecular formula is C15H17IN2. The third kappa shape index (κ3) is 2.83.